The van der Waals surface area contributed by atoms with Crippen LogP contribution in [0, 0.1) is 5.41 Å². The summed E-state index contributed by atoms with van der Waals surface area (Å²) in [5.41, 5.74) is 6.69. The molecule has 1 fully saturated rings. The highest BCUT2D eigenvalue weighted by molar-refractivity contribution is 9.10. The average molecular weight is 406 g/mol. The van der Waals surface area contributed by atoms with Gasteiger partial charge in [0.1, 0.15) is 13.2 Å². The number of rotatable bonds is 1. The highest BCUT2D eigenvalue weighted by Gasteiger charge is 2.36. The Kier molecular flexibility index (Phi) is 5.48. The first-order chi connectivity index (χ1) is 10.4. The molecule has 128 valence electrons. The van der Waals surface area contributed by atoms with Gasteiger partial charge in [-0.15, -0.1) is 12.4 Å². The minimum Gasteiger partial charge on any atom is -0.486 e. The molecule has 2 aliphatic rings. The number of carbonyl (C=O) groups is 1. The largest absolute Gasteiger partial charge is 0.486 e. The zero-order valence-corrected chi connectivity index (χ0v) is 15.7. The Labute approximate surface area is 151 Å². The van der Waals surface area contributed by atoms with Crippen LogP contribution in [0.1, 0.15) is 30.6 Å². The van der Waals surface area contributed by atoms with Crippen molar-refractivity contribution in [1.29, 1.82) is 0 Å². The Balaban J connectivity index is 0.00000192. The number of nitrogens with two attached hydrogens (primary N) is 1. The Morgan fingerprint density at radius 1 is 1.35 bits per heavy atom. The highest BCUT2D eigenvalue weighted by Crippen LogP contribution is 2.39. The molecular formula is C16H22BrClN2O3. The van der Waals surface area contributed by atoms with Crippen molar-refractivity contribution in [3.8, 4) is 11.5 Å². The molecule has 0 radical (unpaired) electrons. The number of hydrogen-bond donors (Lipinski definition) is 1. The molecule has 23 heavy (non-hydrogen) atoms. The van der Waals surface area contributed by atoms with E-state index in [-0.39, 0.29) is 29.8 Å². The van der Waals surface area contributed by atoms with Gasteiger partial charge in [0.15, 0.2) is 11.5 Å². The Morgan fingerprint density at radius 3 is 2.74 bits per heavy atom. The molecule has 1 amide bonds. The van der Waals surface area contributed by atoms with Crippen LogP contribution < -0.4 is 15.2 Å². The van der Waals surface area contributed by atoms with Crippen LogP contribution in [0.15, 0.2) is 16.6 Å². The van der Waals surface area contributed by atoms with Gasteiger partial charge < -0.3 is 20.1 Å². The van der Waals surface area contributed by atoms with Crippen LogP contribution in [0.3, 0.4) is 0 Å². The summed E-state index contributed by atoms with van der Waals surface area (Å²) in [5.74, 6) is 1.30. The summed E-state index contributed by atoms with van der Waals surface area (Å²) < 4.78 is 11.9. The van der Waals surface area contributed by atoms with Gasteiger partial charge >= 0.3 is 0 Å². The number of halogens is 2. The average Bonchev–Trinajstić information content (AvgIpc) is 2.49. The molecule has 7 heteroatoms. The van der Waals surface area contributed by atoms with Gasteiger partial charge in [0, 0.05) is 24.7 Å². The quantitative estimate of drug-likeness (QED) is 0.780. The summed E-state index contributed by atoms with van der Waals surface area (Å²) in [7, 11) is 0. The van der Waals surface area contributed by atoms with Gasteiger partial charge in [-0.2, -0.15) is 0 Å². The molecule has 0 aromatic heterocycles. The van der Waals surface area contributed by atoms with Crippen LogP contribution in [0.25, 0.3) is 0 Å². The zero-order chi connectivity index (χ0) is 15.9. The van der Waals surface area contributed by atoms with Gasteiger partial charge in [-0.05, 0) is 39.9 Å². The summed E-state index contributed by atoms with van der Waals surface area (Å²) in [4.78, 5) is 14.7. The first-order valence-corrected chi connectivity index (χ1v) is 8.32. The fourth-order valence-corrected chi connectivity index (χ4v) is 3.52. The van der Waals surface area contributed by atoms with Gasteiger partial charge in [-0.1, -0.05) is 13.8 Å². The number of likely N-dealkylation sites (tertiary alicyclic amines) is 1. The maximum Gasteiger partial charge on any atom is 0.254 e. The van der Waals surface area contributed by atoms with Crippen LogP contribution in [-0.4, -0.2) is 43.2 Å². The topological polar surface area (TPSA) is 64.8 Å². The number of piperidine rings is 1. The number of nitrogens with zero attached hydrogens (tertiary/aromatic N) is 1. The highest BCUT2D eigenvalue weighted by atomic mass is 79.9. The summed E-state index contributed by atoms with van der Waals surface area (Å²) in [5, 5.41) is 0. The van der Waals surface area contributed by atoms with Crippen LogP contribution in [0.2, 0.25) is 0 Å². The lowest BCUT2D eigenvalue weighted by Crippen LogP contribution is -2.54. The fourth-order valence-electron chi connectivity index (χ4n) is 2.96. The maximum atomic E-state index is 12.8. The van der Waals surface area contributed by atoms with Crippen molar-refractivity contribution in [3.63, 3.8) is 0 Å². The lowest BCUT2D eigenvalue weighted by atomic mass is 9.79. The van der Waals surface area contributed by atoms with Crippen LogP contribution in [0.4, 0.5) is 0 Å². The number of fused-ring (bicyclic) bond motifs is 1. The van der Waals surface area contributed by atoms with E-state index in [0.29, 0.717) is 43.4 Å². The number of ether oxygens (including phenoxy) is 2. The van der Waals surface area contributed by atoms with Crippen molar-refractivity contribution >= 4 is 34.2 Å². The third kappa shape index (κ3) is 3.59. The van der Waals surface area contributed by atoms with E-state index < -0.39 is 0 Å². The molecule has 1 aromatic carbocycles. The Morgan fingerprint density at radius 2 is 2.04 bits per heavy atom. The molecule has 2 heterocycles. The zero-order valence-electron chi connectivity index (χ0n) is 13.3. The van der Waals surface area contributed by atoms with E-state index in [9.17, 15) is 4.79 Å². The van der Waals surface area contributed by atoms with Gasteiger partial charge in [0.25, 0.3) is 5.91 Å². The standard InChI is InChI=1S/C16H21BrN2O3.ClH/c1-16(2)9-19(4-3-13(16)18)15(20)10-7-11(17)14-12(8-10)21-5-6-22-14;/h7-8,13H,3-6,9,18H2,1-2H3;1H. The molecule has 5 nitrogen and oxygen atoms in total. The van der Waals surface area contributed by atoms with E-state index in [1.807, 2.05) is 4.90 Å². The molecule has 0 bridgehead atoms. The van der Waals surface area contributed by atoms with Crippen LogP contribution >= 0.6 is 28.3 Å². The molecule has 2 N–H and O–H groups in total. The second-order valence-corrected chi connectivity index (χ2v) is 7.45. The van der Waals surface area contributed by atoms with Crippen molar-refractivity contribution in [2.45, 2.75) is 26.3 Å². The number of benzene rings is 1. The van der Waals surface area contributed by atoms with E-state index in [1.165, 1.54) is 0 Å². The first kappa shape index (κ1) is 18.4. The van der Waals surface area contributed by atoms with Crippen molar-refractivity contribution in [1.82, 2.24) is 4.90 Å². The molecule has 1 unspecified atom stereocenters. The lowest BCUT2D eigenvalue weighted by molar-refractivity contribution is 0.0532. The molecule has 1 atom stereocenters. The van der Waals surface area contributed by atoms with Crippen molar-refractivity contribution in [2.24, 2.45) is 11.1 Å². The van der Waals surface area contributed by atoms with Gasteiger partial charge in [-0.3, -0.25) is 4.79 Å². The third-order valence-electron chi connectivity index (χ3n) is 4.44. The number of hydrogen-bond acceptors (Lipinski definition) is 4. The van der Waals surface area contributed by atoms with Crippen molar-refractivity contribution in [2.75, 3.05) is 26.3 Å². The van der Waals surface area contributed by atoms with Crippen molar-refractivity contribution in [3.05, 3.63) is 22.2 Å². The predicted octanol–water partition coefficient (Wildman–Crippen LogP) is 2.84. The number of carbonyl (C=O) groups excluding carboxylic acids is 1. The summed E-state index contributed by atoms with van der Waals surface area (Å²) in [6.07, 6.45) is 0.824. The van der Waals surface area contributed by atoms with E-state index in [2.05, 4.69) is 29.8 Å². The summed E-state index contributed by atoms with van der Waals surface area (Å²) >= 11 is 3.46. The molecular weight excluding hydrogens is 384 g/mol. The van der Waals surface area contributed by atoms with Crippen molar-refractivity contribution < 1.29 is 14.3 Å². The molecule has 2 aliphatic heterocycles. The minimum atomic E-state index is -0.0705. The van der Waals surface area contributed by atoms with Gasteiger partial charge in [0.05, 0.1) is 4.47 Å². The lowest BCUT2D eigenvalue weighted by Gasteiger charge is -2.42. The van der Waals surface area contributed by atoms with Gasteiger partial charge in [0.2, 0.25) is 0 Å². The molecule has 0 saturated carbocycles. The van der Waals surface area contributed by atoms with E-state index in [0.717, 1.165) is 10.9 Å². The predicted molar refractivity (Wildman–Crippen MR) is 94.7 cm³/mol. The first-order valence-electron chi connectivity index (χ1n) is 7.52. The Hall–Kier alpha value is -0.980. The summed E-state index contributed by atoms with van der Waals surface area (Å²) in [6, 6.07) is 3.70. The van der Waals surface area contributed by atoms with Gasteiger partial charge in [-0.25, -0.2) is 0 Å². The van der Waals surface area contributed by atoms with E-state index in [4.69, 9.17) is 15.2 Å². The monoisotopic (exact) mass is 404 g/mol. The Bertz CT molecular complexity index is 609. The van der Waals surface area contributed by atoms with E-state index >= 15 is 0 Å². The number of amides is 1. The smallest absolute Gasteiger partial charge is 0.254 e. The third-order valence-corrected chi connectivity index (χ3v) is 5.03. The summed E-state index contributed by atoms with van der Waals surface area (Å²) in [6.45, 7) is 6.60. The van der Waals surface area contributed by atoms with Crippen LogP contribution in [0.5, 0.6) is 11.5 Å². The second kappa shape index (κ2) is 6.87. The minimum absolute atomic E-state index is 0. The van der Waals surface area contributed by atoms with Crippen LogP contribution in [-0.2, 0) is 0 Å². The SMILES string of the molecule is CC1(C)CN(C(=O)c2cc(Br)c3c(c2)OCCO3)CCC1N.Cl. The maximum absolute atomic E-state index is 12.8. The normalized spacial score (nSPS) is 22.3. The fraction of sp³-hybridized carbons (Fsp3) is 0.562. The molecule has 0 aliphatic carbocycles. The molecule has 1 saturated heterocycles. The molecule has 1 aromatic rings. The second-order valence-electron chi connectivity index (χ2n) is 6.59. The van der Waals surface area contributed by atoms with E-state index in [1.54, 1.807) is 12.1 Å². The molecule has 0 spiro atoms. The molecule has 3 rings (SSSR count).